The highest BCUT2D eigenvalue weighted by molar-refractivity contribution is 7.10. The molecule has 17 heavy (non-hydrogen) atoms. The summed E-state index contributed by atoms with van der Waals surface area (Å²) in [5.74, 6) is -0.354. The molecule has 3 rings (SSSR count). The predicted octanol–water partition coefficient (Wildman–Crippen LogP) is 1.08. The van der Waals surface area contributed by atoms with Gasteiger partial charge in [0.05, 0.1) is 13.1 Å². The van der Waals surface area contributed by atoms with E-state index in [1.807, 2.05) is 4.90 Å². The standard InChI is InChI=1S/C12H14N2O2S/c15-11-6-14(7-12(16)13-11)9-2-1-3-10-8(9)4-5-17-10/h4-5,9H,1-3,6-7H2,(H,13,15,16). The van der Waals surface area contributed by atoms with Crippen molar-refractivity contribution in [2.45, 2.75) is 25.3 Å². The largest absolute Gasteiger partial charge is 0.294 e. The number of amides is 2. The Bertz CT molecular complexity index is 453. The maximum Gasteiger partial charge on any atom is 0.240 e. The molecule has 1 saturated heterocycles. The molecule has 2 aliphatic rings. The van der Waals surface area contributed by atoms with Crippen molar-refractivity contribution >= 4 is 23.2 Å². The lowest BCUT2D eigenvalue weighted by molar-refractivity contribution is -0.137. The van der Waals surface area contributed by atoms with Crippen LogP contribution in [0.15, 0.2) is 11.4 Å². The SMILES string of the molecule is O=C1CN(C2CCCc3sccc32)CC(=O)N1. The Morgan fingerprint density at radius 2 is 2.06 bits per heavy atom. The summed E-state index contributed by atoms with van der Waals surface area (Å²) >= 11 is 1.78. The summed E-state index contributed by atoms with van der Waals surface area (Å²) in [6, 6.07) is 2.39. The van der Waals surface area contributed by atoms with Crippen LogP contribution in [0.3, 0.4) is 0 Å². The first kappa shape index (κ1) is 10.9. The Kier molecular flexibility index (Phi) is 2.72. The van der Waals surface area contributed by atoms with Gasteiger partial charge in [0.15, 0.2) is 0 Å². The average molecular weight is 250 g/mol. The van der Waals surface area contributed by atoms with Crippen molar-refractivity contribution in [1.82, 2.24) is 10.2 Å². The second-order valence-corrected chi connectivity index (χ2v) is 5.58. The number of rotatable bonds is 1. The molecule has 2 amide bonds. The molecule has 0 spiro atoms. The summed E-state index contributed by atoms with van der Waals surface area (Å²) in [7, 11) is 0. The van der Waals surface area contributed by atoms with E-state index in [0.717, 1.165) is 19.3 Å². The fraction of sp³-hybridized carbons (Fsp3) is 0.500. The minimum atomic E-state index is -0.177. The van der Waals surface area contributed by atoms with Crippen LogP contribution in [0, 0.1) is 0 Å². The molecular formula is C12H14N2O2S. The average Bonchev–Trinajstić information content (AvgIpc) is 2.75. The summed E-state index contributed by atoms with van der Waals surface area (Å²) < 4.78 is 0. The predicted molar refractivity (Wildman–Crippen MR) is 64.7 cm³/mol. The van der Waals surface area contributed by atoms with Gasteiger partial charge in [0.2, 0.25) is 11.8 Å². The van der Waals surface area contributed by atoms with Crippen molar-refractivity contribution in [3.8, 4) is 0 Å². The number of hydrogen-bond donors (Lipinski definition) is 1. The van der Waals surface area contributed by atoms with Gasteiger partial charge in [0, 0.05) is 10.9 Å². The van der Waals surface area contributed by atoms with Crippen LogP contribution in [0.1, 0.15) is 29.3 Å². The molecular weight excluding hydrogens is 236 g/mol. The Hall–Kier alpha value is -1.20. The van der Waals surface area contributed by atoms with Gasteiger partial charge in [-0.25, -0.2) is 0 Å². The highest BCUT2D eigenvalue weighted by atomic mass is 32.1. The van der Waals surface area contributed by atoms with Gasteiger partial charge in [-0.1, -0.05) is 0 Å². The van der Waals surface area contributed by atoms with Crippen LogP contribution in [0.5, 0.6) is 0 Å². The number of carbonyl (C=O) groups is 2. The van der Waals surface area contributed by atoms with Crippen LogP contribution < -0.4 is 5.32 Å². The number of hydrogen-bond acceptors (Lipinski definition) is 4. The fourth-order valence-corrected chi connectivity index (χ4v) is 3.70. The third-order valence-corrected chi connectivity index (χ3v) is 4.43. The van der Waals surface area contributed by atoms with Gasteiger partial charge in [-0.3, -0.25) is 19.8 Å². The van der Waals surface area contributed by atoms with Crippen molar-refractivity contribution in [3.63, 3.8) is 0 Å². The number of imide groups is 1. The van der Waals surface area contributed by atoms with E-state index in [9.17, 15) is 9.59 Å². The Balaban J connectivity index is 1.86. The molecule has 0 saturated carbocycles. The molecule has 4 nitrogen and oxygen atoms in total. The molecule has 1 aliphatic heterocycles. The molecule has 1 atom stereocenters. The Morgan fingerprint density at radius 1 is 1.29 bits per heavy atom. The van der Waals surface area contributed by atoms with Gasteiger partial charge in [-0.2, -0.15) is 0 Å². The fourth-order valence-electron chi connectivity index (χ4n) is 2.72. The minimum absolute atomic E-state index is 0.177. The number of nitrogens with zero attached hydrogens (tertiary/aromatic N) is 1. The van der Waals surface area contributed by atoms with E-state index in [2.05, 4.69) is 16.8 Å². The first-order chi connectivity index (χ1) is 8.24. The molecule has 0 aromatic carbocycles. The summed E-state index contributed by atoms with van der Waals surface area (Å²) in [5.41, 5.74) is 1.32. The van der Waals surface area contributed by atoms with Gasteiger partial charge < -0.3 is 0 Å². The van der Waals surface area contributed by atoms with Gasteiger partial charge in [0.25, 0.3) is 0 Å². The van der Waals surface area contributed by atoms with E-state index in [4.69, 9.17) is 0 Å². The Labute approximate surface area is 104 Å². The Morgan fingerprint density at radius 3 is 2.82 bits per heavy atom. The van der Waals surface area contributed by atoms with Crippen molar-refractivity contribution < 1.29 is 9.59 Å². The smallest absolute Gasteiger partial charge is 0.240 e. The maximum absolute atomic E-state index is 11.4. The van der Waals surface area contributed by atoms with Crippen LogP contribution in [0.4, 0.5) is 0 Å². The molecule has 1 aromatic rings. The molecule has 90 valence electrons. The van der Waals surface area contributed by atoms with E-state index in [-0.39, 0.29) is 17.9 Å². The zero-order chi connectivity index (χ0) is 11.8. The van der Waals surface area contributed by atoms with Crippen LogP contribution >= 0.6 is 11.3 Å². The monoisotopic (exact) mass is 250 g/mol. The number of aryl methyl sites for hydroxylation is 1. The number of piperazine rings is 1. The van der Waals surface area contributed by atoms with E-state index in [1.54, 1.807) is 11.3 Å². The third-order valence-electron chi connectivity index (χ3n) is 3.43. The number of fused-ring (bicyclic) bond motifs is 1. The first-order valence-corrected chi connectivity index (χ1v) is 6.75. The molecule has 1 N–H and O–H groups in total. The molecule has 2 heterocycles. The topological polar surface area (TPSA) is 49.4 Å². The zero-order valence-electron chi connectivity index (χ0n) is 9.44. The molecule has 1 aliphatic carbocycles. The van der Waals surface area contributed by atoms with Gasteiger partial charge in [0.1, 0.15) is 0 Å². The van der Waals surface area contributed by atoms with Crippen molar-refractivity contribution in [3.05, 3.63) is 21.9 Å². The molecule has 0 bridgehead atoms. The first-order valence-electron chi connectivity index (χ1n) is 5.87. The van der Waals surface area contributed by atoms with E-state index >= 15 is 0 Å². The number of thiophene rings is 1. The second-order valence-electron chi connectivity index (χ2n) is 4.58. The summed E-state index contributed by atoms with van der Waals surface area (Å²) in [6.07, 6.45) is 3.33. The highest BCUT2D eigenvalue weighted by Gasteiger charge is 2.32. The van der Waals surface area contributed by atoms with Crippen LogP contribution in [-0.4, -0.2) is 29.8 Å². The van der Waals surface area contributed by atoms with Gasteiger partial charge >= 0.3 is 0 Å². The molecule has 1 aromatic heterocycles. The van der Waals surface area contributed by atoms with E-state index in [0.29, 0.717) is 13.1 Å². The lowest BCUT2D eigenvalue weighted by atomic mass is 9.92. The summed E-state index contributed by atoms with van der Waals surface area (Å²) in [6.45, 7) is 0.678. The molecule has 1 unspecified atom stereocenters. The molecule has 0 radical (unpaired) electrons. The zero-order valence-corrected chi connectivity index (χ0v) is 10.3. The molecule has 5 heteroatoms. The third kappa shape index (κ3) is 2.00. The normalized spacial score (nSPS) is 25.5. The van der Waals surface area contributed by atoms with Gasteiger partial charge in [-0.05, 0) is 36.3 Å². The maximum atomic E-state index is 11.4. The van der Waals surface area contributed by atoms with Gasteiger partial charge in [-0.15, -0.1) is 11.3 Å². The molecule has 1 fully saturated rings. The highest BCUT2D eigenvalue weighted by Crippen LogP contribution is 2.37. The summed E-state index contributed by atoms with van der Waals surface area (Å²) in [4.78, 5) is 26.2. The summed E-state index contributed by atoms with van der Waals surface area (Å²) in [5, 5.41) is 4.46. The number of carbonyl (C=O) groups excluding carboxylic acids is 2. The quantitative estimate of drug-likeness (QED) is 0.759. The minimum Gasteiger partial charge on any atom is -0.294 e. The van der Waals surface area contributed by atoms with Crippen molar-refractivity contribution in [2.24, 2.45) is 0 Å². The number of nitrogens with one attached hydrogen (secondary N) is 1. The van der Waals surface area contributed by atoms with Crippen molar-refractivity contribution in [2.75, 3.05) is 13.1 Å². The van der Waals surface area contributed by atoms with Crippen LogP contribution in [-0.2, 0) is 16.0 Å². The second kappa shape index (κ2) is 4.23. The van der Waals surface area contributed by atoms with E-state index in [1.165, 1.54) is 10.4 Å². The van der Waals surface area contributed by atoms with Crippen LogP contribution in [0.2, 0.25) is 0 Å². The van der Waals surface area contributed by atoms with Crippen LogP contribution in [0.25, 0.3) is 0 Å². The lowest BCUT2D eigenvalue weighted by Gasteiger charge is -2.35. The van der Waals surface area contributed by atoms with E-state index < -0.39 is 0 Å². The van der Waals surface area contributed by atoms with Crippen molar-refractivity contribution in [1.29, 1.82) is 0 Å². The lowest BCUT2D eigenvalue weighted by Crippen LogP contribution is -2.52.